The maximum atomic E-state index is 13.1. The lowest BCUT2D eigenvalue weighted by atomic mass is 9.98. The van der Waals surface area contributed by atoms with Crippen LogP contribution in [0, 0.1) is 23.7 Å². The van der Waals surface area contributed by atoms with E-state index in [-0.39, 0.29) is 37.3 Å². The summed E-state index contributed by atoms with van der Waals surface area (Å²) in [5.41, 5.74) is 4.47. The Kier molecular flexibility index (Phi) is 6.87. The standard InChI is InChI=1S/C27H28N2O5/c1-3-4-13-24(25(30)29-14-17(2)22(15-29)26(31)32)28-27(33)34-16-23-20-11-7-5-9-18(20)19-10-6-8-12-21(19)23/h5-12,17,22-24H,13-16H2,1-2H3,(H,28,33)(H,31,32)/t17-,22-,24?/m1/s1. The van der Waals surface area contributed by atoms with Crippen LogP contribution in [0.25, 0.3) is 11.1 Å². The van der Waals surface area contributed by atoms with E-state index in [0.29, 0.717) is 6.54 Å². The number of likely N-dealkylation sites (tertiary alicyclic amines) is 1. The quantitative estimate of drug-likeness (QED) is 0.644. The Hall–Kier alpha value is -3.79. The summed E-state index contributed by atoms with van der Waals surface area (Å²) in [5, 5.41) is 12.0. The zero-order valence-corrected chi connectivity index (χ0v) is 19.3. The number of carboxylic acids is 1. The summed E-state index contributed by atoms with van der Waals surface area (Å²) >= 11 is 0. The molecule has 1 heterocycles. The van der Waals surface area contributed by atoms with Crippen molar-refractivity contribution in [3.63, 3.8) is 0 Å². The van der Waals surface area contributed by atoms with Gasteiger partial charge in [-0.05, 0) is 35.1 Å². The SMILES string of the molecule is CC#CCC(NC(=O)OCC1c2ccccc2-c2ccccc21)C(=O)N1C[C@@H](C)[C@H](C(=O)O)C1. The number of aliphatic carboxylic acids is 1. The largest absolute Gasteiger partial charge is 0.481 e. The van der Waals surface area contributed by atoms with E-state index in [1.165, 1.54) is 4.90 Å². The van der Waals surface area contributed by atoms with Crippen LogP contribution < -0.4 is 5.32 Å². The van der Waals surface area contributed by atoms with Gasteiger partial charge in [0, 0.05) is 25.4 Å². The Morgan fingerprint density at radius 2 is 1.71 bits per heavy atom. The lowest BCUT2D eigenvalue weighted by molar-refractivity contribution is -0.142. The normalized spacial score (nSPS) is 19.4. The Labute approximate surface area is 199 Å². The molecule has 1 aliphatic carbocycles. The van der Waals surface area contributed by atoms with E-state index in [0.717, 1.165) is 22.3 Å². The molecule has 7 nitrogen and oxygen atoms in total. The topological polar surface area (TPSA) is 95.9 Å². The second-order valence-electron chi connectivity index (χ2n) is 8.82. The monoisotopic (exact) mass is 460 g/mol. The number of alkyl carbamates (subject to hydrolysis) is 1. The van der Waals surface area contributed by atoms with Gasteiger partial charge in [-0.1, -0.05) is 55.5 Å². The molecular weight excluding hydrogens is 432 g/mol. The number of benzene rings is 2. The number of amides is 2. The number of carbonyl (C=O) groups excluding carboxylic acids is 2. The van der Waals surface area contributed by atoms with E-state index in [9.17, 15) is 19.5 Å². The molecule has 0 spiro atoms. The van der Waals surface area contributed by atoms with Gasteiger partial charge in [0.2, 0.25) is 5.91 Å². The van der Waals surface area contributed by atoms with Crippen LogP contribution in [-0.4, -0.2) is 53.7 Å². The number of rotatable bonds is 6. The predicted molar refractivity (Wildman–Crippen MR) is 127 cm³/mol. The van der Waals surface area contributed by atoms with Gasteiger partial charge in [-0.3, -0.25) is 9.59 Å². The first kappa shape index (κ1) is 23.4. The average Bonchev–Trinajstić information content (AvgIpc) is 3.38. The Balaban J connectivity index is 1.42. The zero-order chi connectivity index (χ0) is 24.2. The van der Waals surface area contributed by atoms with Crippen LogP contribution in [0.5, 0.6) is 0 Å². The predicted octanol–water partition coefficient (Wildman–Crippen LogP) is 3.49. The molecule has 1 saturated heterocycles. The third kappa shape index (κ3) is 4.62. The molecule has 0 radical (unpaired) electrons. The smallest absolute Gasteiger partial charge is 0.407 e. The number of nitrogens with one attached hydrogen (secondary N) is 1. The van der Waals surface area contributed by atoms with Crippen LogP contribution in [0.1, 0.15) is 37.3 Å². The minimum absolute atomic E-state index is 0.0847. The van der Waals surface area contributed by atoms with E-state index in [1.807, 2.05) is 43.3 Å². The molecule has 2 aromatic rings. The molecule has 1 unspecified atom stereocenters. The van der Waals surface area contributed by atoms with E-state index in [1.54, 1.807) is 6.92 Å². The Morgan fingerprint density at radius 1 is 1.09 bits per heavy atom. The molecule has 2 N–H and O–H groups in total. The molecule has 2 aromatic carbocycles. The highest BCUT2D eigenvalue weighted by Crippen LogP contribution is 2.44. The van der Waals surface area contributed by atoms with Gasteiger partial charge in [0.05, 0.1) is 5.92 Å². The van der Waals surface area contributed by atoms with E-state index in [4.69, 9.17) is 4.74 Å². The molecule has 4 rings (SSSR count). The van der Waals surface area contributed by atoms with Crippen LogP contribution in [0.15, 0.2) is 48.5 Å². The molecule has 0 saturated carbocycles. The number of hydrogen-bond acceptors (Lipinski definition) is 4. The van der Waals surface area contributed by atoms with E-state index < -0.39 is 24.0 Å². The molecule has 3 atom stereocenters. The van der Waals surface area contributed by atoms with Gasteiger partial charge in [-0.25, -0.2) is 4.79 Å². The summed E-state index contributed by atoms with van der Waals surface area (Å²) in [4.78, 5) is 38.7. The summed E-state index contributed by atoms with van der Waals surface area (Å²) in [6.45, 7) is 4.07. The fourth-order valence-corrected chi connectivity index (χ4v) is 4.88. The zero-order valence-electron chi connectivity index (χ0n) is 19.3. The summed E-state index contributed by atoms with van der Waals surface area (Å²) in [5.74, 6) is 3.47. The molecule has 1 fully saturated rings. The summed E-state index contributed by atoms with van der Waals surface area (Å²) in [6.07, 6.45) is -0.567. The Morgan fingerprint density at radius 3 is 2.26 bits per heavy atom. The van der Waals surface area contributed by atoms with Crippen molar-refractivity contribution in [1.82, 2.24) is 10.2 Å². The van der Waals surface area contributed by atoms with Gasteiger partial charge in [0.25, 0.3) is 0 Å². The van der Waals surface area contributed by atoms with Gasteiger partial charge in [-0.2, -0.15) is 0 Å². The van der Waals surface area contributed by atoms with Crippen molar-refractivity contribution in [1.29, 1.82) is 0 Å². The Bertz CT molecular complexity index is 1120. The molecule has 7 heteroatoms. The van der Waals surface area contributed by atoms with Gasteiger partial charge >= 0.3 is 12.1 Å². The number of carbonyl (C=O) groups is 3. The third-order valence-electron chi connectivity index (χ3n) is 6.66. The number of ether oxygens (including phenoxy) is 1. The van der Waals surface area contributed by atoms with Gasteiger partial charge < -0.3 is 20.1 Å². The van der Waals surface area contributed by atoms with Crippen molar-refractivity contribution < 1.29 is 24.2 Å². The fourth-order valence-electron chi connectivity index (χ4n) is 4.88. The van der Waals surface area contributed by atoms with Gasteiger partial charge in [0.1, 0.15) is 12.6 Å². The molecule has 0 bridgehead atoms. The molecule has 34 heavy (non-hydrogen) atoms. The number of fused-ring (bicyclic) bond motifs is 3. The highest BCUT2D eigenvalue weighted by atomic mass is 16.5. The van der Waals surface area contributed by atoms with Crippen molar-refractivity contribution >= 4 is 18.0 Å². The maximum absolute atomic E-state index is 13.1. The lowest BCUT2D eigenvalue weighted by Gasteiger charge is -2.23. The summed E-state index contributed by atoms with van der Waals surface area (Å²) in [7, 11) is 0. The summed E-state index contributed by atoms with van der Waals surface area (Å²) in [6, 6.07) is 15.2. The minimum atomic E-state index is -0.919. The van der Waals surface area contributed by atoms with Crippen LogP contribution >= 0.6 is 0 Å². The van der Waals surface area contributed by atoms with Crippen LogP contribution in [-0.2, 0) is 14.3 Å². The van der Waals surface area contributed by atoms with Crippen LogP contribution in [0.4, 0.5) is 4.79 Å². The molecule has 2 aliphatic rings. The first-order valence-electron chi connectivity index (χ1n) is 11.4. The fraction of sp³-hybridized carbons (Fsp3) is 0.370. The highest BCUT2D eigenvalue weighted by Gasteiger charge is 2.39. The first-order valence-corrected chi connectivity index (χ1v) is 11.4. The second-order valence-corrected chi connectivity index (χ2v) is 8.82. The number of hydrogen-bond donors (Lipinski definition) is 2. The number of nitrogens with zero attached hydrogens (tertiary/aromatic N) is 1. The molecule has 176 valence electrons. The van der Waals surface area contributed by atoms with E-state index >= 15 is 0 Å². The maximum Gasteiger partial charge on any atom is 0.407 e. The minimum Gasteiger partial charge on any atom is -0.481 e. The van der Waals surface area contributed by atoms with Gasteiger partial charge in [-0.15, -0.1) is 11.8 Å². The first-order chi connectivity index (χ1) is 16.4. The lowest BCUT2D eigenvalue weighted by Crippen LogP contribution is -2.48. The molecule has 0 aromatic heterocycles. The van der Waals surface area contributed by atoms with Crippen molar-refractivity contribution in [2.45, 2.75) is 32.2 Å². The van der Waals surface area contributed by atoms with Gasteiger partial charge in [0.15, 0.2) is 0 Å². The second kappa shape index (κ2) is 10.0. The summed E-state index contributed by atoms with van der Waals surface area (Å²) < 4.78 is 5.58. The van der Waals surface area contributed by atoms with E-state index in [2.05, 4.69) is 29.3 Å². The van der Waals surface area contributed by atoms with Crippen molar-refractivity contribution in [2.24, 2.45) is 11.8 Å². The number of carboxylic acid groups (broad SMARTS) is 1. The average molecular weight is 461 g/mol. The van der Waals surface area contributed by atoms with Crippen molar-refractivity contribution in [3.8, 4) is 23.0 Å². The van der Waals surface area contributed by atoms with Crippen LogP contribution in [0.3, 0.4) is 0 Å². The molecule has 2 amide bonds. The third-order valence-corrected chi connectivity index (χ3v) is 6.66. The van der Waals surface area contributed by atoms with Crippen molar-refractivity contribution in [3.05, 3.63) is 59.7 Å². The molecular formula is C27H28N2O5. The molecule has 1 aliphatic heterocycles. The highest BCUT2D eigenvalue weighted by molar-refractivity contribution is 5.87. The van der Waals surface area contributed by atoms with Crippen molar-refractivity contribution in [2.75, 3.05) is 19.7 Å². The van der Waals surface area contributed by atoms with Crippen LogP contribution in [0.2, 0.25) is 0 Å².